The minimum Gasteiger partial charge on any atom is -0.281 e. The number of rotatable bonds is 3. The Hall–Kier alpha value is -0.810. The first-order chi connectivity index (χ1) is 6.05. The Kier molecular flexibility index (Phi) is 3.11. The highest BCUT2D eigenvalue weighted by molar-refractivity contribution is 7.93. The fourth-order valence-corrected chi connectivity index (χ4v) is 1.56. The summed E-state index contributed by atoms with van der Waals surface area (Å²) >= 11 is 5.22. The van der Waals surface area contributed by atoms with Crippen LogP contribution < -0.4 is 4.72 Å². The molecule has 1 heterocycles. The van der Waals surface area contributed by atoms with Crippen molar-refractivity contribution >= 4 is 27.3 Å². The number of nitrogens with zero attached hydrogens (tertiary/aromatic N) is 1. The van der Waals surface area contributed by atoms with Crippen molar-refractivity contribution in [2.75, 3.05) is 9.93 Å². The molecule has 0 aliphatic rings. The Morgan fingerprint density at radius 3 is 2.85 bits per heavy atom. The van der Waals surface area contributed by atoms with Gasteiger partial charge in [-0.25, -0.2) is 8.42 Å². The Morgan fingerprint density at radius 1 is 1.62 bits per heavy atom. The number of hydrogen-bond acceptors (Lipinski definition) is 3. The predicted octanol–water partition coefficient (Wildman–Crippen LogP) is 1.33. The normalized spacial score (nSPS) is 11.2. The summed E-state index contributed by atoms with van der Waals surface area (Å²) in [4.78, 5) is 3.93. The summed E-state index contributed by atoms with van der Waals surface area (Å²) in [5, 5.41) is -0.457. The van der Waals surface area contributed by atoms with E-state index in [1.807, 2.05) is 0 Å². The van der Waals surface area contributed by atoms with E-state index in [2.05, 4.69) is 9.71 Å². The predicted molar refractivity (Wildman–Crippen MR) is 52.2 cm³/mol. The molecule has 0 saturated heterocycles. The van der Waals surface area contributed by atoms with Crippen LogP contribution in [-0.2, 0) is 10.0 Å². The molecule has 0 bridgehead atoms. The van der Waals surface area contributed by atoms with Gasteiger partial charge in [0.05, 0.1) is 11.4 Å². The number of halogens is 1. The van der Waals surface area contributed by atoms with Gasteiger partial charge in [-0.15, -0.1) is 11.6 Å². The summed E-state index contributed by atoms with van der Waals surface area (Å²) in [7, 11) is -3.42. The second-order valence-electron chi connectivity index (χ2n) is 2.46. The van der Waals surface area contributed by atoms with Crippen LogP contribution >= 0.6 is 11.6 Å². The topological polar surface area (TPSA) is 59.1 Å². The maximum atomic E-state index is 11.1. The summed E-state index contributed by atoms with van der Waals surface area (Å²) in [5.41, 5.74) is 1.08. The van der Waals surface area contributed by atoms with Crippen molar-refractivity contribution in [3.63, 3.8) is 0 Å². The molecule has 0 unspecified atom stereocenters. The molecular weight excluding hydrogens is 212 g/mol. The molecule has 0 aliphatic heterocycles. The Balaban J connectivity index is 2.93. The van der Waals surface area contributed by atoms with E-state index in [0.717, 1.165) is 0 Å². The van der Waals surface area contributed by atoms with E-state index < -0.39 is 15.2 Å². The quantitative estimate of drug-likeness (QED) is 0.782. The van der Waals surface area contributed by atoms with Crippen LogP contribution in [0.25, 0.3) is 0 Å². The van der Waals surface area contributed by atoms with E-state index in [1.54, 1.807) is 25.3 Å². The molecule has 0 spiro atoms. The maximum Gasteiger partial charge on any atom is 0.246 e. The van der Waals surface area contributed by atoms with Gasteiger partial charge < -0.3 is 0 Å². The summed E-state index contributed by atoms with van der Waals surface area (Å²) in [6.07, 6.45) is 1.59. The minimum atomic E-state index is -3.42. The zero-order chi connectivity index (χ0) is 9.90. The first-order valence-electron chi connectivity index (χ1n) is 3.53. The summed E-state index contributed by atoms with van der Waals surface area (Å²) in [5.74, 6) is 0. The molecule has 0 radical (unpaired) electrons. The number of hydrogen-bond donors (Lipinski definition) is 1. The van der Waals surface area contributed by atoms with Crippen LogP contribution in [0.4, 0.5) is 5.69 Å². The molecule has 0 fully saturated rings. The number of sulfonamides is 1. The maximum absolute atomic E-state index is 11.1. The third-order valence-corrected chi connectivity index (χ3v) is 3.10. The first-order valence-corrected chi connectivity index (χ1v) is 5.72. The Bertz CT molecular complexity index is 391. The van der Waals surface area contributed by atoms with E-state index in [-0.39, 0.29) is 0 Å². The van der Waals surface area contributed by atoms with Gasteiger partial charge in [-0.05, 0) is 19.1 Å². The third kappa shape index (κ3) is 2.86. The average Bonchev–Trinajstić information content (AvgIpc) is 2.09. The number of aromatic nitrogens is 1. The highest BCUT2D eigenvalue weighted by Crippen LogP contribution is 2.12. The first kappa shape index (κ1) is 10.3. The van der Waals surface area contributed by atoms with Crippen LogP contribution in [0, 0.1) is 6.92 Å². The molecule has 1 rings (SSSR count). The van der Waals surface area contributed by atoms with Gasteiger partial charge in [-0.2, -0.15) is 0 Å². The van der Waals surface area contributed by atoms with Gasteiger partial charge in [0.25, 0.3) is 0 Å². The second kappa shape index (κ2) is 3.93. The molecule has 4 nitrogen and oxygen atoms in total. The molecule has 0 amide bonds. The van der Waals surface area contributed by atoms with Crippen LogP contribution in [0.2, 0.25) is 0 Å². The van der Waals surface area contributed by atoms with Crippen LogP contribution in [0.3, 0.4) is 0 Å². The van der Waals surface area contributed by atoms with Gasteiger partial charge in [0.15, 0.2) is 0 Å². The van der Waals surface area contributed by atoms with Crippen molar-refractivity contribution in [2.24, 2.45) is 0 Å². The number of alkyl halides is 1. The fourth-order valence-electron chi connectivity index (χ4n) is 0.787. The van der Waals surface area contributed by atoms with Crippen LogP contribution in [0.1, 0.15) is 5.69 Å². The van der Waals surface area contributed by atoms with E-state index >= 15 is 0 Å². The number of nitrogens with one attached hydrogen (secondary N) is 1. The van der Waals surface area contributed by atoms with E-state index in [1.165, 1.54) is 0 Å². The summed E-state index contributed by atoms with van der Waals surface area (Å²) in [6, 6.07) is 3.28. The van der Waals surface area contributed by atoms with Crippen LogP contribution in [0.15, 0.2) is 18.3 Å². The zero-order valence-electron chi connectivity index (χ0n) is 6.99. The van der Waals surface area contributed by atoms with E-state index in [4.69, 9.17) is 11.6 Å². The van der Waals surface area contributed by atoms with Gasteiger partial charge >= 0.3 is 0 Å². The molecule has 0 aliphatic carbocycles. The molecule has 0 saturated carbocycles. The molecule has 6 heteroatoms. The van der Waals surface area contributed by atoms with Crippen LogP contribution in [-0.4, -0.2) is 18.6 Å². The largest absolute Gasteiger partial charge is 0.281 e. The molecular formula is C7H9ClN2O2S. The summed E-state index contributed by atoms with van der Waals surface area (Å²) in [6.45, 7) is 1.71. The fraction of sp³-hybridized carbons (Fsp3) is 0.286. The smallest absolute Gasteiger partial charge is 0.246 e. The minimum absolute atomic E-state index is 0.457. The lowest BCUT2D eigenvalue weighted by Crippen LogP contribution is -2.14. The zero-order valence-corrected chi connectivity index (χ0v) is 8.56. The molecule has 13 heavy (non-hydrogen) atoms. The average molecular weight is 221 g/mol. The molecule has 0 atom stereocenters. The van der Waals surface area contributed by atoms with Crippen molar-refractivity contribution in [3.8, 4) is 0 Å². The van der Waals surface area contributed by atoms with Gasteiger partial charge in [-0.3, -0.25) is 9.71 Å². The molecule has 1 N–H and O–H groups in total. The van der Waals surface area contributed by atoms with Crippen molar-refractivity contribution in [3.05, 3.63) is 24.0 Å². The van der Waals surface area contributed by atoms with Crippen molar-refractivity contribution in [1.29, 1.82) is 0 Å². The van der Waals surface area contributed by atoms with Gasteiger partial charge in [-0.1, -0.05) is 0 Å². The highest BCUT2D eigenvalue weighted by atomic mass is 35.5. The van der Waals surface area contributed by atoms with E-state index in [9.17, 15) is 8.42 Å². The Labute approximate surface area is 82.0 Å². The second-order valence-corrected chi connectivity index (χ2v) is 4.77. The monoisotopic (exact) mass is 220 g/mol. The van der Waals surface area contributed by atoms with Crippen LogP contribution in [0.5, 0.6) is 0 Å². The lowest BCUT2D eigenvalue weighted by Gasteiger charge is -2.06. The van der Waals surface area contributed by atoms with Crippen molar-refractivity contribution in [2.45, 2.75) is 6.92 Å². The molecule has 1 aromatic heterocycles. The number of anilines is 1. The number of aryl methyl sites for hydroxylation is 1. The Morgan fingerprint density at radius 2 is 2.31 bits per heavy atom. The lowest BCUT2D eigenvalue weighted by atomic mass is 10.3. The van der Waals surface area contributed by atoms with E-state index in [0.29, 0.717) is 11.4 Å². The number of pyridine rings is 1. The van der Waals surface area contributed by atoms with Gasteiger partial charge in [0, 0.05) is 6.20 Å². The van der Waals surface area contributed by atoms with Gasteiger partial charge in [0.2, 0.25) is 10.0 Å². The standard InChI is InChI=1S/C7H9ClN2O2S/c1-6-7(3-2-4-9-6)10-13(11,12)5-8/h2-4,10H,5H2,1H3. The van der Waals surface area contributed by atoms with Crippen molar-refractivity contribution in [1.82, 2.24) is 4.98 Å². The van der Waals surface area contributed by atoms with Gasteiger partial charge in [0.1, 0.15) is 5.21 Å². The van der Waals surface area contributed by atoms with Crippen molar-refractivity contribution < 1.29 is 8.42 Å². The molecule has 0 aromatic carbocycles. The SMILES string of the molecule is Cc1ncccc1NS(=O)(=O)CCl. The third-order valence-electron chi connectivity index (χ3n) is 1.42. The molecule has 1 aromatic rings. The highest BCUT2D eigenvalue weighted by Gasteiger charge is 2.09. The summed E-state index contributed by atoms with van der Waals surface area (Å²) < 4.78 is 24.4. The lowest BCUT2D eigenvalue weighted by molar-refractivity contribution is 0.605. The molecule has 72 valence electrons.